The van der Waals surface area contributed by atoms with Crippen LogP contribution in [0.4, 0.5) is 0 Å². The van der Waals surface area contributed by atoms with Gasteiger partial charge in [-0.05, 0) is 12.3 Å². The SMILES string of the molecule is C/C(=C\Cl)C(C)(C)C. The molecular weight excluding hydrogens is 120 g/mol. The molecule has 0 radical (unpaired) electrons. The zero-order valence-electron chi connectivity index (χ0n) is 5.96. The van der Waals surface area contributed by atoms with E-state index >= 15 is 0 Å². The van der Waals surface area contributed by atoms with Crippen molar-refractivity contribution in [3.8, 4) is 0 Å². The second-order valence-corrected chi connectivity index (χ2v) is 3.26. The predicted molar refractivity (Wildman–Crippen MR) is 39.1 cm³/mol. The molecule has 0 aromatic rings. The van der Waals surface area contributed by atoms with Gasteiger partial charge in [-0.2, -0.15) is 0 Å². The highest BCUT2D eigenvalue weighted by molar-refractivity contribution is 6.25. The Morgan fingerprint density at radius 1 is 1.38 bits per heavy atom. The van der Waals surface area contributed by atoms with E-state index in [2.05, 4.69) is 20.8 Å². The van der Waals surface area contributed by atoms with Crippen molar-refractivity contribution in [3.05, 3.63) is 11.1 Å². The first kappa shape index (κ1) is 8.03. The lowest BCUT2D eigenvalue weighted by atomic mass is 9.89. The van der Waals surface area contributed by atoms with Gasteiger partial charge in [0.25, 0.3) is 0 Å². The average molecular weight is 133 g/mol. The van der Waals surface area contributed by atoms with E-state index in [1.807, 2.05) is 6.92 Å². The molecule has 0 saturated heterocycles. The highest BCUT2D eigenvalue weighted by Crippen LogP contribution is 2.24. The molecule has 0 fully saturated rings. The maximum absolute atomic E-state index is 5.47. The van der Waals surface area contributed by atoms with Crippen molar-refractivity contribution < 1.29 is 0 Å². The van der Waals surface area contributed by atoms with Crippen molar-refractivity contribution in [1.29, 1.82) is 0 Å². The van der Waals surface area contributed by atoms with E-state index in [1.165, 1.54) is 5.57 Å². The van der Waals surface area contributed by atoms with Gasteiger partial charge in [0.1, 0.15) is 0 Å². The Kier molecular flexibility index (Phi) is 2.55. The fraction of sp³-hybridized carbons (Fsp3) is 0.714. The lowest BCUT2D eigenvalue weighted by molar-refractivity contribution is 0.505. The standard InChI is InChI=1S/C7H13Cl/c1-6(5-8)7(2,3)4/h5H,1-4H3/b6-5+. The Morgan fingerprint density at radius 2 is 1.75 bits per heavy atom. The minimum atomic E-state index is 0.238. The predicted octanol–water partition coefficient (Wildman–Crippen LogP) is 3.18. The van der Waals surface area contributed by atoms with Crippen molar-refractivity contribution in [2.75, 3.05) is 0 Å². The maximum Gasteiger partial charge on any atom is 0.00369 e. The molecule has 0 bridgehead atoms. The number of allylic oxidation sites excluding steroid dienone is 1. The highest BCUT2D eigenvalue weighted by Gasteiger charge is 2.10. The molecule has 0 heterocycles. The Hall–Kier alpha value is 0.0300. The molecule has 0 aromatic carbocycles. The Labute approximate surface area is 56.5 Å². The lowest BCUT2D eigenvalue weighted by Gasteiger charge is -2.17. The minimum Gasteiger partial charge on any atom is -0.0930 e. The van der Waals surface area contributed by atoms with Crippen molar-refractivity contribution >= 4 is 11.6 Å². The molecule has 0 aromatic heterocycles. The van der Waals surface area contributed by atoms with Crippen LogP contribution in [-0.2, 0) is 0 Å². The fourth-order valence-corrected chi connectivity index (χ4v) is 0.491. The fourth-order valence-electron chi connectivity index (χ4n) is 0.164. The van der Waals surface area contributed by atoms with Crippen molar-refractivity contribution in [3.63, 3.8) is 0 Å². The smallest absolute Gasteiger partial charge is 0.00369 e. The second kappa shape index (κ2) is 2.54. The van der Waals surface area contributed by atoms with Gasteiger partial charge in [-0.15, -0.1) is 0 Å². The molecule has 0 spiro atoms. The molecule has 8 heavy (non-hydrogen) atoms. The van der Waals surface area contributed by atoms with Crippen molar-refractivity contribution in [2.45, 2.75) is 27.7 Å². The Morgan fingerprint density at radius 3 is 1.75 bits per heavy atom. The van der Waals surface area contributed by atoms with Gasteiger partial charge in [-0.25, -0.2) is 0 Å². The van der Waals surface area contributed by atoms with Crippen LogP contribution in [-0.4, -0.2) is 0 Å². The monoisotopic (exact) mass is 132 g/mol. The van der Waals surface area contributed by atoms with Gasteiger partial charge >= 0.3 is 0 Å². The Bertz CT molecular complexity index is 95.4. The van der Waals surface area contributed by atoms with E-state index in [9.17, 15) is 0 Å². The molecule has 0 saturated carbocycles. The third kappa shape index (κ3) is 2.37. The summed E-state index contributed by atoms with van der Waals surface area (Å²) in [4.78, 5) is 0. The molecule has 0 aliphatic carbocycles. The van der Waals surface area contributed by atoms with Crippen molar-refractivity contribution in [1.82, 2.24) is 0 Å². The van der Waals surface area contributed by atoms with Crippen LogP contribution in [0.5, 0.6) is 0 Å². The summed E-state index contributed by atoms with van der Waals surface area (Å²) in [5, 5.41) is 0. The van der Waals surface area contributed by atoms with E-state index in [0.717, 1.165) is 0 Å². The van der Waals surface area contributed by atoms with Crippen LogP contribution in [0.2, 0.25) is 0 Å². The van der Waals surface area contributed by atoms with Crippen LogP contribution < -0.4 is 0 Å². The first-order valence-electron chi connectivity index (χ1n) is 2.76. The van der Waals surface area contributed by atoms with E-state index in [0.29, 0.717) is 0 Å². The Balaban J connectivity index is 4.03. The number of rotatable bonds is 0. The van der Waals surface area contributed by atoms with Crippen LogP contribution in [0.15, 0.2) is 11.1 Å². The first-order chi connectivity index (χ1) is 3.48. The molecule has 0 aliphatic rings. The molecule has 0 rings (SSSR count). The summed E-state index contributed by atoms with van der Waals surface area (Å²) in [6.07, 6.45) is 0. The summed E-state index contributed by atoms with van der Waals surface area (Å²) in [5.74, 6) is 0. The van der Waals surface area contributed by atoms with E-state index < -0.39 is 0 Å². The van der Waals surface area contributed by atoms with E-state index in [1.54, 1.807) is 5.54 Å². The van der Waals surface area contributed by atoms with Crippen LogP contribution in [0.25, 0.3) is 0 Å². The second-order valence-electron chi connectivity index (χ2n) is 3.04. The van der Waals surface area contributed by atoms with Crippen LogP contribution in [0, 0.1) is 5.41 Å². The largest absolute Gasteiger partial charge is 0.0930 e. The number of halogens is 1. The summed E-state index contributed by atoms with van der Waals surface area (Å²) in [7, 11) is 0. The molecule has 1 heteroatoms. The van der Waals surface area contributed by atoms with Gasteiger partial charge in [-0.1, -0.05) is 37.9 Å². The maximum atomic E-state index is 5.47. The molecule has 48 valence electrons. The summed E-state index contributed by atoms with van der Waals surface area (Å²) in [5.41, 5.74) is 3.10. The van der Waals surface area contributed by atoms with Crippen LogP contribution in [0.3, 0.4) is 0 Å². The topological polar surface area (TPSA) is 0 Å². The molecule has 0 amide bonds. The molecule has 0 atom stereocenters. The number of hydrogen-bond donors (Lipinski definition) is 0. The van der Waals surface area contributed by atoms with Gasteiger partial charge < -0.3 is 0 Å². The zero-order chi connectivity index (χ0) is 6.78. The summed E-state index contributed by atoms with van der Waals surface area (Å²) in [6.45, 7) is 8.46. The summed E-state index contributed by atoms with van der Waals surface area (Å²) < 4.78 is 0. The highest BCUT2D eigenvalue weighted by atomic mass is 35.5. The molecular formula is C7H13Cl. The molecule has 0 aliphatic heterocycles. The zero-order valence-corrected chi connectivity index (χ0v) is 6.71. The lowest BCUT2D eigenvalue weighted by Crippen LogP contribution is -2.05. The third-order valence-corrected chi connectivity index (χ3v) is 1.67. The van der Waals surface area contributed by atoms with Gasteiger partial charge in [-0.3, -0.25) is 0 Å². The van der Waals surface area contributed by atoms with E-state index in [4.69, 9.17) is 11.6 Å². The first-order valence-corrected chi connectivity index (χ1v) is 3.19. The molecule has 0 unspecified atom stereocenters. The molecule has 0 N–H and O–H groups in total. The summed E-state index contributed by atoms with van der Waals surface area (Å²) >= 11 is 5.47. The normalized spacial score (nSPS) is 14.4. The average Bonchev–Trinajstić information content (AvgIpc) is 1.62. The quantitative estimate of drug-likeness (QED) is 0.475. The van der Waals surface area contributed by atoms with Gasteiger partial charge in [0.05, 0.1) is 0 Å². The number of hydrogen-bond acceptors (Lipinski definition) is 0. The van der Waals surface area contributed by atoms with E-state index in [-0.39, 0.29) is 5.41 Å². The van der Waals surface area contributed by atoms with Gasteiger partial charge in [0.2, 0.25) is 0 Å². The third-order valence-electron chi connectivity index (χ3n) is 1.35. The van der Waals surface area contributed by atoms with Crippen LogP contribution in [0.1, 0.15) is 27.7 Å². The summed E-state index contributed by atoms with van der Waals surface area (Å²) in [6, 6.07) is 0. The van der Waals surface area contributed by atoms with Crippen molar-refractivity contribution in [2.24, 2.45) is 5.41 Å². The molecule has 0 nitrogen and oxygen atoms in total. The van der Waals surface area contributed by atoms with Gasteiger partial charge in [0, 0.05) is 5.54 Å². The van der Waals surface area contributed by atoms with Crippen LogP contribution >= 0.6 is 11.6 Å². The van der Waals surface area contributed by atoms with Gasteiger partial charge in [0.15, 0.2) is 0 Å². The minimum absolute atomic E-state index is 0.238.